The lowest BCUT2D eigenvalue weighted by Crippen LogP contribution is -2.42. The van der Waals surface area contributed by atoms with Crippen LogP contribution in [0.15, 0.2) is 0 Å². The normalized spacial score (nSPS) is 13.1. The molecule has 0 saturated carbocycles. The van der Waals surface area contributed by atoms with Crippen molar-refractivity contribution in [1.29, 1.82) is 0 Å². The Balaban J connectivity index is 4.07. The largest absolute Gasteiger partial charge is 0.481 e. The Morgan fingerprint density at radius 2 is 1.93 bits per heavy atom. The van der Waals surface area contributed by atoms with Gasteiger partial charge in [0, 0.05) is 0 Å². The van der Waals surface area contributed by atoms with E-state index in [4.69, 9.17) is 14.9 Å². The summed E-state index contributed by atoms with van der Waals surface area (Å²) in [6.45, 7) is 4.64. The molecule has 0 fully saturated rings. The zero-order chi connectivity index (χ0) is 12.1. The highest BCUT2D eigenvalue weighted by atomic mass is 16.6. The van der Waals surface area contributed by atoms with Gasteiger partial charge < -0.3 is 20.3 Å². The van der Waals surface area contributed by atoms with Gasteiger partial charge in [-0.05, 0) is 20.8 Å². The van der Waals surface area contributed by atoms with Gasteiger partial charge in [0.15, 0.2) is 0 Å². The summed E-state index contributed by atoms with van der Waals surface area (Å²) in [5.41, 5.74) is -0.646. The lowest BCUT2D eigenvalue weighted by Gasteiger charge is -2.22. The fraction of sp³-hybridized carbons (Fsp3) is 0.778. The van der Waals surface area contributed by atoms with E-state index >= 15 is 0 Å². The zero-order valence-electron chi connectivity index (χ0n) is 9.11. The molecule has 0 heterocycles. The first-order valence-electron chi connectivity index (χ1n) is 4.57. The summed E-state index contributed by atoms with van der Waals surface area (Å²) < 4.78 is 4.90. The molecule has 3 N–H and O–H groups in total. The quantitative estimate of drug-likeness (QED) is 0.634. The third kappa shape index (κ3) is 7.75. The van der Waals surface area contributed by atoms with Crippen molar-refractivity contribution in [3.8, 4) is 0 Å². The summed E-state index contributed by atoms with van der Waals surface area (Å²) in [4.78, 5) is 21.5. The first kappa shape index (κ1) is 13.7. The number of amides is 1. The molecule has 0 bridgehead atoms. The second kappa shape index (κ2) is 5.55. The van der Waals surface area contributed by atoms with Crippen molar-refractivity contribution in [3.05, 3.63) is 0 Å². The van der Waals surface area contributed by atoms with Crippen molar-refractivity contribution in [1.82, 2.24) is 5.32 Å². The van der Waals surface area contributed by atoms with Crippen molar-refractivity contribution in [3.63, 3.8) is 0 Å². The van der Waals surface area contributed by atoms with E-state index in [1.165, 1.54) is 0 Å². The zero-order valence-corrected chi connectivity index (χ0v) is 9.11. The molecule has 0 unspecified atom stereocenters. The Hall–Kier alpha value is -1.30. The number of nitrogens with one attached hydrogen (secondary N) is 1. The number of carboxylic acids is 1. The van der Waals surface area contributed by atoms with Crippen molar-refractivity contribution in [2.75, 3.05) is 6.61 Å². The number of ether oxygens (including phenoxy) is 1. The number of hydrogen-bond donors (Lipinski definition) is 3. The van der Waals surface area contributed by atoms with Crippen LogP contribution in [0.2, 0.25) is 0 Å². The van der Waals surface area contributed by atoms with Gasteiger partial charge in [-0.25, -0.2) is 4.79 Å². The van der Waals surface area contributed by atoms with Crippen LogP contribution in [0.5, 0.6) is 0 Å². The summed E-state index contributed by atoms with van der Waals surface area (Å²) in [6.07, 6.45) is -1.07. The highest BCUT2D eigenvalue weighted by Crippen LogP contribution is 2.07. The number of hydrogen-bond acceptors (Lipinski definition) is 4. The first-order chi connectivity index (χ1) is 6.74. The van der Waals surface area contributed by atoms with E-state index in [9.17, 15) is 9.59 Å². The minimum absolute atomic E-state index is 0.338. The third-order valence-electron chi connectivity index (χ3n) is 1.36. The maximum absolute atomic E-state index is 11.2. The number of rotatable bonds is 4. The molecule has 6 nitrogen and oxygen atoms in total. The lowest BCUT2D eigenvalue weighted by atomic mass is 10.2. The van der Waals surface area contributed by atoms with Crippen LogP contribution in [-0.2, 0) is 9.53 Å². The predicted molar refractivity (Wildman–Crippen MR) is 52.5 cm³/mol. The highest BCUT2D eigenvalue weighted by molar-refractivity contribution is 5.71. The minimum Gasteiger partial charge on any atom is -0.481 e. The van der Waals surface area contributed by atoms with Gasteiger partial charge in [-0.15, -0.1) is 0 Å². The molecular formula is C9H17NO5. The molecule has 6 heteroatoms. The van der Waals surface area contributed by atoms with E-state index in [0.29, 0.717) is 0 Å². The van der Waals surface area contributed by atoms with Crippen LogP contribution in [0.25, 0.3) is 0 Å². The Bertz CT molecular complexity index is 233. The second-order valence-electron chi connectivity index (χ2n) is 4.12. The van der Waals surface area contributed by atoms with E-state index in [-0.39, 0.29) is 6.42 Å². The van der Waals surface area contributed by atoms with E-state index in [1.54, 1.807) is 20.8 Å². The Kier molecular flexibility index (Phi) is 5.07. The standard InChI is InChI=1S/C9H17NO5/c1-9(2,3)15-8(14)10-6(5-11)4-7(12)13/h6,11H,4-5H2,1-3H3,(H,10,14)(H,12,13)/t6-/m0/s1. The van der Waals surface area contributed by atoms with Crippen LogP contribution in [0.1, 0.15) is 27.2 Å². The molecule has 1 atom stereocenters. The molecule has 0 aliphatic carbocycles. The minimum atomic E-state index is -1.09. The summed E-state index contributed by atoms with van der Waals surface area (Å²) in [7, 11) is 0. The van der Waals surface area contributed by atoms with Gasteiger partial charge in [-0.2, -0.15) is 0 Å². The Morgan fingerprint density at radius 1 is 1.40 bits per heavy atom. The number of aliphatic hydroxyl groups excluding tert-OH is 1. The van der Waals surface area contributed by atoms with Crippen LogP contribution in [0.3, 0.4) is 0 Å². The van der Waals surface area contributed by atoms with Crippen LogP contribution < -0.4 is 5.32 Å². The SMILES string of the molecule is CC(C)(C)OC(=O)N[C@H](CO)CC(=O)O. The smallest absolute Gasteiger partial charge is 0.407 e. The molecule has 0 aromatic heterocycles. The van der Waals surface area contributed by atoms with Crippen LogP contribution in [0.4, 0.5) is 4.79 Å². The monoisotopic (exact) mass is 219 g/mol. The maximum Gasteiger partial charge on any atom is 0.407 e. The average Bonchev–Trinajstić information content (AvgIpc) is 1.98. The molecule has 0 saturated heterocycles. The second-order valence-corrected chi connectivity index (χ2v) is 4.12. The van der Waals surface area contributed by atoms with Gasteiger partial charge in [0.25, 0.3) is 0 Å². The number of carbonyl (C=O) groups is 2. The molecule has 88 valence electrons. The molecule has 0 aromatic rings. The molecule has 1 amide bonds. The molecule has 0 rings (SSSR count). The number of alkyl carbamates (subject to hydrolysis) is 1. The van der Waals surface area contributed by atoms with Crippen molar-refractivity contribution >= 4 is 12.1 Å². The van der Waals surface area contributed by atoms with Crippen LogP contribution in [0, 0.1) is 0 Å². The van der Waals surface area contributed by atoms with Gasteiger partial charge in [-0.1, -0.05) is 0 Å². The van der Waals surface area contributed by atoms with Crippen molar-refractivity contribution in [2.45, 2.75) is 38.8 Å². The fourth-order valence-corrected chi connectivity index (χ4v) is 0.846. The Labute approximate surface area is 88.2 Å². The number of carboxylic acid groups (broad SMARTS) is 1. The van der Waals surface area contributed by atoms with Gasteiger partial charge >= 0.3 is 12.1 Å². The number of aliphatic carboxylic acids is 1. The average molecular weight is 219 g/mol. The van der Waals surface area contributed by atoms with E-state index < -0.39 is 30.3 Å². The summed E-state index contributed by atoms with van der Waals surface area (Å²) in [5, 5.41) is 19.5. The fourth-order valence-electron chi connectivity index (χ4n) is 0.846. The van der Waals surface area contributed by atoms with Crippen molar-refractivity contribution < 1.29 is 24.5 Å². The molecule has 0 spiro atoms. The van der Waals surface area contributed by atoms with E-state index in [0.717, 1.165) is 0 Å². The highest BCUT2D eigenvalue weighted by Gasteiger charge is 2.20. The third-order valence-corrected chi connectivity index (χ3v) is 1.36. The number of aliphatic hydroxyl groups is 1. The van der Waals surface area contributed by atoms with Gasteiger partial charge in [0.05, 0.1) is 19.1 Å². The molecule has 0 radical (unpaired) electrons. The van der Waals surface area contributed by atoms with Gasteiger partial charge in [-0.3, -0.25) is 4.79 Å². The molecule has 15 heavy (non-hydrogen) atoms. The number of carbonyl (C=O) groups excluding carboxylic acids is 1. The molecule has 0 aliphatic heterocycles. The van der Waals surface area contributed by atoms with Crippen molar-refractivity contribution in [2.24, 2.45) is 0 Å². The van der Waals surface area contributed by atoms with Gasteiger partial charge in [0.1, 0.15) is 5.60 Å². The molecule has 0 aromatic carbocycles. The predicted octanol–water partition coefficient (Wildman–Crippen LogP) is 0.347. The van der Waals surface area contributed by atoms with Crippen LogP contribution in [-0.4, -0.2) is 40.5 Å². The maximum atomic E-state index is 11.2. The summed E-state index contributed by atoms with van der Waals surface area (Å²) in [6, 6.07) is -0.822. The summed E-state index contributed by atoms with van der Waals surface area (Å²) in [5.74, 6) is -1.09. The molecule has 0 aliphatic rings. The first-order valence-corrected chi connectivity index (χ1v) is 4.57. The van der Waals surface area contributed by atoms with E-state index in [1.807, 2.05) is 0 Å². The van der Waals surface area contributed by atoms with E-state index in [2.05, 4.69) is 5.32 Å². The lowest BCUT2D eigenvalue weighted by molar-refractivity contribution is -0.137. The summed E-state index contributed by atoms with van der Waals surface area (Å²) >= 11 is 0. The van der Waals surface area contributed by atoms with Gasteiger partial charge in [0.2, 0.25) is 0 Å². The van der Waals surface area contributed by atoms with Crippen LogP contribution >= 0.6 is 0 Å². The topological polar surface area (TPSA) is 95.9 Å². The molecular weight excluding hydrogens is 202 g/mol. The Morgan fingerprint density at radius 3 is 2.27 bits per heavy atom.